The standard InChI is InChI=1S/C25H27FN4O3S/c26-20-10-12-21(13-11-20)30-23-9-5-4-8-22(23)24(27-30)25(31)28-14-16-29(17-15-28)34(32,33)18-19-6-2-1-3-7-19/h1-3,6-7,10-13H,4-5,8-9,14-18H2. The van der Waals surface area contributed by atoms with Gasteiger partial charge in [-0.3, -0.25) is 4.79 Å². The minimum absolute atomic E-state index is 0.0443. The Morgan fingerprint density at radius 1 is 0.912 bits per heavy atom. The van der Waals surface area contributed by atoms with E-state index in [1.807, 2.05) is 18.2 Å². The molecule has 1 aliphatic heterocycles. The lowest BCUT2D eigenvalue weighted by molar-refractivity contribution is 0.0690. The molecule has 2 aliphatic rings. The SMILES string of the molecule is O=C(c1nn(-c2ccc(F)cc2)c2c1CCCC2)N1CCN(S(=O)(=O)Cc2ccccc2)CC1. The first-order chi connectivity index (χ1) is 16.4. The van der Waals surface area contributed by atoms with Gasteiger partial charge in [-0.2, -0.15) is 9.40 Å². The van der Waals surface area contributed by atoms with Crippen molar-refractivity contribution in [2.45, 2.75) is 31.4 Å². The Bertz CT molecular complexity index is 1280. The van der Waals surface area contributed by atoms with Crippen LogP contribution in [-0.2, 0) is 28.6 Å². The molecular weight excluding hydrogens is 455 g/mol. The number of halogens is 1. The normalized spacial score (nSPS) is 16.9. The number of carbonyl (C=O) groups is 1. The highest BCUT2D eigenvalue weighted by Crippen LogP contribution is 2.28. The molecular formula is C25H27FN4O3S. The summed E-state index contributed by atoms with van der Waals surface area (Å²) in [5, 5.41) is 4.66. The van der Waals surface area contributed by atoms with Crippen molar-refractivity contribution in [3.05, 3.63) is 82.9 Å². The van der Waals surface area contributed by atoms with Crippen molar-refractivity contribution in [2.24, 2.45) is 0 Å². The van der Waals surface area contributed by atoms with Gasteiger partial charge in [0.25, 0.3) is 5.91 Å². The second-order valence-corrected chi connectivity index (χ2v) is 10.8. The molecule has 1 fully saturated rings. The fourth-order valence-corrected chi connectivity index (χ4v) is 6.28. The van der Waals surface area contributed by atoms with Crippen LogP contribution >= 0.6 is 0 Å². The van der Waals surface area contributed by atoms with E-state index in [1.165, 1.54) is 16.4 Å². The molecule has 0 atom stereocenters. The average molecular weight is 483 g/mol. The van der Waals surface area contributed by atoms with Crippen molar-refractivity contribution in [2.75, 3.05) is 26.2 Å². The highest BCUT2D eigenvalue weighted by atomic mass is 32.2. The molecule has 34 heavy (non-hydrogen) atoms. The summed E-state index contributed by atoms with van der Waals surface area (Å²) in [6.07, 6.45) is 3.61. The Balaban J connectivity index is 1.32. The maximum atomic E-state index is 13.4. The molecule has 0 bridgehead atoms. The molecule has 178 valence electrons. The van der Waals surface area contributed by atoms with Crippen LogP contribution < -0.4 is 0 Å². The van der Waals surface area contributed by atoms with Gasteiger partial charge < -0.3 is 4.90 Å². The molecule has 5 rings (SSSR count). The number of piperazine rings is 1. The third-order valence-corrected chi connectivity index (χ3v) is 8.42. The summed E-state index contributed by atoms with van der Waals surface area (Å²) in [6, 6.07) is 15.2. The predicted molar refractivity (Wildman–Crippen MR) is 127 cm³/mol. The maximum Gasteiger partial charge on any atom is 0.274 e. The fraction of sp³-hybridized carbons (Fsp3) is 0.360. The monoisotopic (exact) mass is 482 g/mol. The minimum Gasteiger partial charge on any atom is -0.335 e. The number of hydrogen-bond acceptors (Lipinski definition) is 4. The lowest BCUT2D eigenvalue weighted by Gasteiger charge is -2.34. The van der Waals surface area contributed by atoms with Gasteiger partial charge in [0.05, 0.1) is 11.4 Å². The summed E-state index contributed by atoms with van der Waals surface area (Å²) >= 11 is 0. The van der Waals surface area contributed by atoms with Crippen LogP contribution in [0.5, 0.6) is 0 Å². The number of sulfonamides is 1. The van der Waals surface area contributed by atoms with E-state index in [0.717, 1.165) is 48.2 Å². The molecule has 1 amide bonds. The average Bonchev–Trinajstić information content (AvgIpc) is 3.24. The largest absolute Gasteiger partial charge is 0.335 e. The summed E-state index contributed by atoms with van der Waals surface area (Å²) in [6.45, 7) is 1.18. The van der Waals surface area contributed by atoms with Gasteiger partial charge in [-0.05, 0) is 55.5 Å². The first-order valence-electron chi connectivity index (χ1n) is 11.6. The van der Waals surface area contributed by atoms with Crippen LogP contribution in [0, 0.1) is 5.82 Å². The number of nitrogens with zero attached hydrogens (tertiary/aromatic N) is 4. The Morgan fingerprint density at radius 3 is 2.29 bits per heavy atom. The molecule has 9 heteroatoms. The Hall–Kier alpha value is -3.04. The van der Waals surface area contributed by atoms with Gasteiger partial charge in [-0.25, -0.2) is 17.5 Å². The van der Waals surface area contributed by atoms with Gasteiger partial charge in [0, 0.05) is 37.4 Å². The summed E-state index contributed by atoms with van der Waals surface area (Å²) < 4.78 is 42.4. The highest BCUT2D eigenvalue weighted by Gasteiger charge is 2.33. The van der Waals surface area contributed by atoms with E-state index in [4.69, 9.17) is 0 Å². The van der Waals surface area contributed by atoms with E-state index >= 15 is 0 Å². The van der Waals surface area contributed by atoms with Gasteiger partial charge in [0.15, 0.2) is 5.69 Å². The number of hydrogen-bond donors (Lipinski definition) is 0. The molecule has 3 aromatic rings. The molecule has 2 heterocycles. The van der Waals surface area contributed by atoms with Gasteiger partial charge in [-0.1, -0.05) is 30.3 Å². The van der Waals surface area contributed by atoms with Gasteiger partial charge in [-0.15, -0.1) is 0 Å². The smallest absolute Gasteiger partial charge is 0.274 e. The number of aromatic nitrogens is 2. The van der Waals surface area contributed by atoms with Crippen molar-refractivity contribution in [1.29, 1.82) is 0 Å². The van der Waals surface area contributed by atoms with Crippen LogP contribution in [0.4, 0.5) is 4.39 Å². The number of rotatable bonds is 5. The lowest BCUT2D eigenvalue weighted by atomic mass is 9.95. The summed E-state index contributed by atoms with van der Waals surface area (Å²) in [5.74, 6) is -0.530. The van der Waals surface area contributed by atoms with E-state index in [-0.39, 0.29) is 30.6 Å². The zero-order chi connectivity index (χ0) is 23.7. The third-order valence-electron chi connectivity index (χ3n) is 6.57. The third kappa shape index (κ3) is 4.50. The van der Waals surface area contributed by atoms with Crippen molar-refractivity contribution in [3.8, 4) is 5.69 Å². The maximum absolute atomic E-state index is 13.4. The molecule has 1 saturated heterocycles. The predicted octanol–water partition coefficient (Wildman–Crippen LogP) is 3.18. The Kier molecular flexibility index (Phi) is 6.22. The van der Waals surface area contributed by atoms with E-state index in [1.54, 1.807) is 33.8 Å². The van der Waals surface area contributed by atoms with Crippen LogP contribution in [0.1, 0.15) is 40.2 Å². The number of carbonyl (C=O) groups excluding carboxylic acids is 1. The molecule has 2 aromatic carbocycles. The summed E-state index contributed by atoms with van der Waals surface area (Å²) in [5.41, 5.74) is 3.87. The first-order valence-corrected chi connectivity index (χ1v) is 13.2. The molecule has 1 aromatic heterocycles. The van der Waals surface area contributed by atoms with Crippen LogP contribution in [0.3, 0.4) is 0 Å². The zero-order valence-electron chi connectivity index (χ0n) is 18.9. The van der Waals surface area contributed by atoms with Crippen LogP contribution in [-0.4, -0.2) is 59.5 Å². The van der Waals surface area contributed by atoms with E-state index in [9.17, 15) is 17.6 Å². The topological polar surface area (TPSA) is 75.5 Å². The van der Waals surface area contributed by atoms with Crippen molar-refractivity contribution >= 4 is 15.9 Å². The van der Waals surface area contributed by atoms with Crippen molar-refractivity contribution in [1.82, 2.24) is 19.0 Å². The molecule has 0 N–H and O–H groups in total. The van der Waals surface area contributed by atoms with E-state index in [2.05, 4.69) is 5.10 Å². The summed E-state index contributed by atoms with van der Waals surface area (Å²) in [4.78, 5) is 15.1. The quantitative estimate of drug-likeness (QED) is 0.560. The molecule has 0 radical (unpaired) electrons. The van der Waals surface area contributed by atoms with Crippen molar-refractivity contribution < 1.29 is 17.6 Å². The van der Waals surface area contributed by atoms with Gasteiger partial charge in [0.2, 0.25) is 10.0 Å². The lowest BCUT2D eigenvalue weighted by Crippen LogP contribution is -2.51. The fourth-order valence-electron chi connectivity index (χ4n) is 4.76. The number of benzene rings is 2. The molecule has 0 spiro atoms. The van der Waals surface area contributed by atoms with Crippen LogP contribution in [0.25, 0.3) is 5.69 Å². The second-order valence-electron chi connectivity index (χ2n) is 8.80. The van der Waals surface area contributed by atoms with Gasteiger partial charge >= 0.3 is 0 Å². The first kappa shape index (κ1) is 22.7. The Morgan fingerprint density at radius 2 is 1.59 bits per heavy atom. The zero-order valence-corrected chi connectivity index (χ0v) is 19.7. The van der Waals surface area contributed by atoms with Gasteiger partial charge in [0.1, 0.15) is 5.82 Å². The second kappa shape index (κ2) is 9.31. The van der Waals surface area contributed by atoms with Crippen molar-refractivity contribution in [3.63, 3.8) is 0 Å². The van der Waals surface area contributed by atoms with E-state index in [0.29, 0.717) is 18.8 Å². The summed E-state index contributed by atoms with van der Waals surface area (Å²) in [7, 11) is -3.45. The number of amides is 1. The minimum atomic E-state index is -3.45. The van der Waals surface area contributed by atoms with Crippen LogP contribution in [0.2, 0.25) is 0 Å². The molecule has 0 saturated carbocycles. The molecule has 0 unspecified atom stereocenters. The van der Waals surface area contributed by atoms with Crippen LogP contribution in [0.15, 0.2) is 54.6 Å². The molecule has 7 nitrogen and oxygen atoms in total. The van der Waals surface area contributed by atoms with E-state index < -0.39 is 10.0 Å². The molecule has 1 aliphatic carbocycles. The number of fused-ring (bicyclic) bond motifs is 1. The highest BCUT2D eigenvalue weighted by molar-refractivity contribution is 7.88. The Labute approximate surface area is 198 Å².